The monoisotopic (exact) mass is 1090 g/mol. The summed E-state index contributed by atoms with van der Waals surface area (Å²) in [5.41, 5.74) is 3.17. The van der Waals surface area contributed by atoms with Gasteiger partial charge in [-0.25, -0.2) is 9.97 Å². The van der Waals surface area contributed by atoms with Crippen molar-refractivity contribution in [3.8, 4) is 0 Å². The van der Waals surface area contributed by atoms with Gasteiger partial charge in [0, 0.05) is 63.1 Å². The van der Waals surface area contributed by atoms with Gasteiger partial charge >= 0.3 is 17.9 Å². The van der Waals surface area contributed by atoms with Crippen LogP contribution in [0.25, 0.3) is 11.0 Å². The minimum atomic E-state index is -1.47. The number of aromatic nitrogens is 3. The van der Waals surface area contributed by atoms with Crippen molar-refractivity contribution >= 4 is 58.2 Å². The Morgan fingerprint density at radius 2 is 1.63 bits per heavy atom. The Kier molecular flexibility index (Phi) is 20.1. The number of rotatable bonds is 16. The minimum Gasteiger partial charge on any atom is -0.468 e. The molecule has 0 spiro atoms. The SMILES string of the molecule is CC[C@H]1OC(=O)[C@H](C)[C@@H](O[C@H]2C[C@@](C)(OC)[C@@H](O)[C@H](C)O2)[C@H](C)[C@@H](O[C@@H]2O[C@H](C)C[C@H](N(C)C)[C@H]2O)[C@](C)(OC)C[C@@H](C)C(=O)[C@H](C)[C@H]2[C@H](SCCCn3cnc4c(N)ncc(C(=O)NCC(=O)OC)c43)C(=O)O[C@@]21C. The smallest absolute Gasteiger partial charge is 0.325 e. The lowest BCUT2D eigenvalue weighted by Crippen LogP contribution is -2.61. The van der Waals surface area contributed by atoms with Crippen molar-refractivity contribution in [2.24, 2.45) is 29.6 Å². The van der Waals surface area contributed by atoms with Crippen molar-refractivity contribution in [2.75, 3.05) is 53.5 Å². The number of hydrogen-bond acceptors (Lipinski definition) is 21. The molecule has 22 nitrogen and oxygen atoms in total. The number of imidazole rings is 1. The number of Topliss-reactive ketones (excluding diaryl/α,β-unsaturated/α-hetero) is 1. The van der Waals surface area contributed by atoms with Crippen LogP contribution in [0.15, 0.2) is 12.5 Å². The molecule has 4 saturated heterocycles. The number of cyclic esters (lactones) is 1. The normalized spacial score (nSPS) is 38.8. The third kappa shape index (κ3) is 12.5. The van der Waals surface area contributed by atoms with E-state index in [9.17, 15) is 24.6 Å². The number of aryl methyl sites for hydroxylation is 1. The number of carbonyl (C=O) groups is 5. The first-order valence-corrected chi connectivity index (χ1v) is 27.5. The van der Waals surface area contributed by atoms with Crippen LogP contribution in [0.4, 0.5) is 5.82 Å². The molecule has 0 unspecified atom stereocenters. The summed E-state index contributed by atoms with van der Waals surface area (Å²) in [7, 11) is 8.00. The Hall–Kier alpha value is -4.04. The molecule has 0 radical (unpaired) electrons. The van der Waals surface area contributed by atoms with E-state index >= 15 is 9.59 Å². The average Bonchev–Trinajstić information content (AvgIpc) is 3.93. The highest BCUT2D eigenvalue weighted by Gasteiger charge is 2.62. The maximum atomic E-state index is 15.2. The first kappa shape index (κ1) is 61.2. The number of aliphatic hydroxyl groups is 2. The highest BCUT2D eigenvalue weighted by Crippen LogP contribution is 2.50. The van der Waals surface area contributed by atoms with E-state index in [4.69, 9.17) is 43.6 Å². The van der Waals surface area contributed by atoms with Gasteiger partial charge in [0.1, 0.15) is 41.4 Å². The summed E-state index contributed by atoms with van der Waals surface area (Å²) in [6.07, 6.45) is -4.09. The van der Waals surface area contributed by atoms with Crippen LogP contribution in [-0.2, 0) is 68.4 Å². The van der Waals surface area contributed by atoms with E-state index in [1.807, 2.05) is 53.6 Å². The lowest BCUT2D eigenvalue weighted by atomic mass is 9.70. The lowest BCUT2D eigenvalue weighted by Gasteiger charge is -2.50. The molecule has 0 aromatic carbocycles. The number of carbonyl (C=O) groups excluding carboxylic acids is 5. The summed E-state index contributed by atoms with van der Waals surface area (Å²) in [5.74, 6) is -6.24. The molecule has 0 bridgehead atoms. The second-order valence-corrected chi connectivity index (χ2v) is 23.4. The molecule has 6 rings (SSSR count). The summed E-state index contributed by atoms with van der Waals surface area (Å²) in [6, 6.07) is -0.328. The summed E-state index contributed by atoms with van der Waals surface area (Å²) >= 11 is 1.33. The quantitative estimate of drug-likeness (QED) is 0.106. The van der Waals surface area contributed by atoms with E-state index in [0.29, 0.717) is 36.2 Å². The fraction of sp³-hybridized carbons (Fsp3) is 0.792. The molecule has 1 amide bonds. The number of nitrogens with two attached hydrogens (primary N) is 1. The van der Waals surface area contributed by atoms with E-state index in [-0.39, 0.29) is 55.1 Å². The van der Waals surface area contributed by atoms with Crippen LogP contribution in [0.1, 0.15) is 112 Å². The van der Waals surface area contributed by atoms with Crippen LogP contribution in [-0.4, -0.2) is 190 Å². The first-order chi connectivity index (χ1) is 35.7. The van der Waals surface area contributed by atoms with Crippen LogP contribution >= 0.6 is 11.8 Å². The molecule has 6 heterocycles. The molecule has 4 aliphatic heterocycles. The van der Waals surface area contributed by atoms with Gasteiger partial charge < -0.3 is 73.4 Å². The number of amides is 1. The number of hydrogen-bond donors (Lipinski definition) is 4. The van der Waals surface area contributed by atoms with Crippen molar-refractivity contribution in [1.29, 1.82) is 0 Å². The number of nitrogens with one attached hydrogen (secondary N) is 1. The minimum absolute atomic E-state index is 0.0943. The van der Waals surface area contributed by atoms with Gasteiger partial charge in [-0.3, -0.25) is 24.0 Å². The van der Waals surface area contributed by atoms with Crippen LogP contribution < -0.4 is 11.1 Å². The van der Waals surface area contributed by atoms with Crippen molar-refractivity contribution < 1.29 is 76.8 Å². The number of likely N-dealkylation sites (N-methyl/N-ethyl adjacent to an activating group) is 1. The third-order valence-electron chi connectivity index (χ3n) is 16.6. The number of fused-ring (bicyclic) bond motifs is 2. The maximum absolute atomic E-state index is 15.2. The fourth-order valence-corrected chi connectivity index (χ4v) is 13.6. The number of thioether (sulfide) groups is 1. The molecule has 4 aliphatic rings. The van der Waals surface area contributed by atoms with Crippen LogP contribution in [0.2, 0.25) is 0 Å². The van der Waals surface area contributed by atoms with Gasteiger partial charge in [-0.1, -0.05) is 27.7 Å². The van der Waals surface area contributed by atoms with Crippen molar-refractivity contribution in [2.45, 2.75) is 191 Å². The Bertz CT molecular complexity index is 2380. The molecule has 23 heteroatoms. The highest BCUT2D eigenvalue weighted by atomic mass is 32.2. The summed E-state index contributed by atoms with van der Waals surface area (Å²) in [5, 5.41) is 24.7. The Labute approximate surface area is 450 Å². The number of pyridine rings is 1. The van der Waals surface area contributed by atoms with Crippen LogP contribution in [0, 0.1) is 29.6 Å². The second kappa shape index (κ2) is 25.0. The van der Waals surface area contributed by atoms with Gasteiger partial charge in [0.15, 0.2) is 24.0 Å². The van der Waals surface area contributed by atoms with Gasteiger partial charge in [-0.2, -0.15) is 0 Å². The number of esters is 3. The average molecular weight is 1090 g/mol. The van der Waals surface area contributed by atoms with Crippen molar-refractivity contribution in [3.05, 3.63) is 18.1 Å². The van der Waals surface area contributed by atoms with Gasteiger partial charge in [-0.15, -0.1) is 11.8 Å². The molecule has 76 heavy (non-hydrogen) atoms. The molecule has 2 aromatic heterocycles. The number of methoxy groups -OCH3 is 3. The number of nitrogen functional groups attached to an aromatic ring is 1. The van der Waals surface area contributed by atoms with Gasteiger partial charge in [0.05, 0.1) is 66.1 Å². The van der Waals surface area contributed by atoms with E-state index < -0.39 is 125 Å². The zero-order valence-corrected chi connectivity index (χ0v) is 47.8. The standard InChI is InChI=1S/C53H84N6O16S/c1-16-34-53(10)37(43(49(66)75-53)76-19-17-18-59-25-57-38-39(59)32(23-55-46(38)54)47(64)56-24-35(60)67-13)28(4)40(61)26(2)21-52(9,69-15)45(74-50-41(62)33(58(11)12)20-27(3)70-50)29(5)42(30(6)48(65)72-34)73-36-22-51(8,68-14)44(63)31(7)71-36/h23,25-31,33-34,36-37,41-45,50,62-63H,16-22,24H2,1-15H3,(H2,54,55)(H,56,64)/t26-,27-,28-,29+,30-,31+,33+,34-,36+,37+,41-,42+,43+,44+,45-,50+,51-,52-,53-/m1/s1. The van der Waals surface area contributed by atoms with E-state index in [1.165, 1.54) is 39.3 Å². The van der Waals surface area contributed by atoms with Gasteiger partial charge in [0.25, 0.3) is 5.91 Å². The number of nitrogens with zero attached hydrogens (tertiary/aromatic N) is 4. The number of aliphatic hydroxyl groups excluding tert-OH is 2. The zero-order valence-electron chi connectivity index (χ0n) is 46.9. The Balaban J connectivity index is 1.36. The van der Waals surface area contributed by atoms with Gasteiger partial charge in [-0.05, 0) is 87.1 Å². The van der Waals surface area contributed by atoms with Crippen LogP contribution in [0.3, 0.4) is 0 Å². The van der Waals surface area contributed by atoms with E-state index in [2.05, 4.69) is 20.0 Å². The maximum Gasteiger partial charge on any atom is 0.325 e. The van der Waals surface area contributed by atoms with Gasteiger partial charge in [0.2, 0.25) is 0 Å². The lowest BCUT2D eigenvalue weighted by molar-refractivity contribution is -0.319. The first-order valence-electron chi connectivity index (χ1n) is 26.5. The fourth-order valence-electron chi connectivity index (χ4n) is 12.1. The zero-order chi connectivity index (χ0) is 56.4. The molecular weight excluding hydrogens is 1010 g/mol. The number of anilines is 1. The van der Waals surface area contributed by atoms with Crippen molar-refractivity contribution in [3.63, 3.8) is 0 Å². The van der Waals surface area contributed by atoms with E-state index in [1.54, 1.807) is 45.5 Å². The topological polar surface area (TPSA) is 281 Å². The van der Waals surface area contributed by atoms with Crippen molar-refractivity contribution in [1.82, 2.24) is 24.8 Å². The predicted octanol–water partition coefficient (Wildman–Crippen LogP) is 3.68. The third-order valence-corrected chi connectivity index (χ3v) is 18.0. The molecule has 0 saturated carbocycles. The summed E-state index contributed by atoms with van der Waals surface area (Å²) < 4.78 is 58.2. The molecule has 0 aliphatic carbocycles. The number of ether oxygens (including phenoxy) is 9. The largest absolute Gasteiger partial charge is 0.468 e. The predicted molar refractivity (Wildman–Crippen MR) is 280 cm³/mol. The Morgan fingerprint density at radius 1 is 0.947 bits per heavy atom. The molecule has 5 N–H and O–H groups in total. The summed E-state index contributed by atoms with van der Waals surface area (Å²) in [4.78, 5) is 80.2. The molecular formula is C53H84N6O16S. The second-order valence-electron chi connectivity index (χ2n) is 22.2. The number of ketones is 1. The Morgan fingerprint density at radius 3 is 2.26 bits per heavy atom. The summed E-state index contributed by atoms with van der Waals surface area (Å²) in [6.45, 7) is 17.9. The van der Waals surface area contributed by atoms with Crippen LogP contribution in [0.5, 0.6) is 0 Å². The molecule has 428 valence electrons. The molecule has 4 fully saturated rings. The van der Waals surface area contributed by atoms with E-state index in [0.717, 1.165) is 0 Å². The molecule has 19 atom stereocenters. The molecule has 2 aromatic rings. The highest BCUT2D eigenvalue weighted by molar-refractivity contribution is 8.00.